The second-order valence-corrected chi connectivity index (χ2v) is 5.38. The molecule has 0 aromatic carbocycles. The van der Waals surface area contributed by atoms with Crippen LogP contribution < -0.4 is 5.73 Å². The van der Waals surface area contributed by atoms with Gasteiger partial charge in [0.05, 0.1) is 11.1 Å². The van der Waals surface area contributed by atoms with E-state index in [9.17, 15) is 5.11 Å². The highest BCUT2D eigenvalue weighted by Gasteiger charge is 2.29. The van der Waals surface area contributed by atoms with E-state index in [1.165, 1.54) is 4.88 Å². The maximum atomic E-state index is 9.64. The van der Waals surface area contributed by atoms with Crippen molar-refractivity contribution in [2.75, 3.05) is 6.54 Å². The molecule has 1 aromatic heterocycles. The normalized spacial score (nSPS) is 17.8. The average Bonchev–Trinajstić information content (AvgIpc) is 2.50. The smallest absolute Gasteiger partial charge is 0.0896 e. The molecule has 80 valence electrons. The highest BCUT2D eigenvalue weighted by Crippen LogP contribution is 2.27. The molecule has 2 atom stereocenters. The molecule has 0 fully saturated rings. The van der Waals surface area contributed by atoms with Crippen molar-refractivity contribution in [2.24, 2.45) is 11.1 Å². The van der Waals surface area contributed by atoms with E-state index in [0.29, 0.717) is 6.54 Å². The predicted octanol–water partition coefficient (Wildman–Crippen LogP) is 1.34. The molecule has 4 heteroatoms. The summed E-state index contributed by atoms with van der Waals surface area (Å²) in [4.78, 5) is 5.38. The summed E-state index contributed by atoms with van der Waals surface area (Å²) in [6, 6.07) is 0. The first-order chi connectivity index (χ1) is 6.48. The summed E-state index contributed by atoms with van der Waals surface area (Å²) in [5.41, 5.74) is 5.45. The lowest BCUT2D eigenvalue weighted by Crippen LogP contribution is -2.39. The molecule has 0 amide bonds. The Kier molecular flexibility index (Phi) is 3.64. The molecule has 0 spiro atoms. The van der Waals surface area contributed by atoms with E-state index in [1.807, 2.05) is 20.0 Å². The second kappa shape index (κ2) is 4.38. The molecule has 0 aliphatic rings. The van der Waals surface area contributed by atoms with Crippen LogP contribution in [0.3, 0.4) is 0 Å². The van der Waals surface area contributed by atoms with Crippen molar-refractivity contribution in [3.8, 4) is 0 Å². The zero-order chi connectivity index (χ0) is 10.8. The van der Waals surface area contributed by atoms with Gasteiger partial charge in [-0.25, -0.2) is 4.98 Å². The number of rotatable bonds is 4. The predicted molar refractivity (Wildman–Crippen MR) is 59.4 cm³/mol. The van der Waals surface area contributed by atoms with Crippen molar-refractivity contribution in [3.05, 3.63) is 16.1 Å². The van der Waals surface area contributed by atoms with Crippen LogP contribution >= 0.6 is 11.3 Å². The van der Waals surface area contributed by atoms with Gasteiger partial charge in [-0.1, -0.05) is 6.92 Å². The third kappa shape index (κ3) is 2.53. The maximum Gasteiger partial charge on any atom is 0.0896 e. The maximum absolute atomic E-state index is 9.64. The fraction of sp³-hybridized carbons (Fsp3) is 0.700. The van der Waals surface area contributed by atoms with Gasteiger partial charge in [0.25, 0.3) is 0 Å². The van der Waals surface area contributed by atoms with Crippen LogP contribution in [0.25, 0.3) is 0 Å². The Morgan fingerprint density at radius 2 is 2.36 bits per heavy atom. The van der Waals surface area contributed by atoms with Gasteiger partial charge in [0.15, 0.2) is 0 Å². The Morgan fingerprint density at radius 3 is 2.71 bits per heavy atom. The second-order valence-electron chi connectivity index (χ2n) is 4.06. The van der Waals surface area contributed by atoms with Crippen LogP contribution in [0, 0.1) is 12.3 Å². The van der Waals surface area contributed by atoms with Crippen molar-refractivity contribution < 1.29 is 5.11 Å². The largest absolute Gasteiger partial charge is 0.393 e. The van der Waals surface area contributed by atoms with Crippen molar-refractivity contribution in [2.45, 2.75) is 33.3 Å². The Morgan fingerprint density at radius 1 is 1.71 bits per heavy atom. The minimum Gasteiger partial charge on any atom is -0.393 e. The number of nitrogens with two attached hydrogens (primary N) is 1. The van der Waals surface area contributed by atoms with E-state index in [1.54, 1.807) is 18.3 Å². The number of aliphatic hydroxyl groups excluding tert-OH is 1. The topological polar surface area (TPSA) is 59.1 Å². The van der Waals surface area contributed by atoms with E-state index in [4.69, 9.17) is 5.73 Å². The molecule has 3 nitrogen and oxygen atoms in total. The Balaban J connectivity index is 2.75. The monoisotopic (exact) mass is 214 g/mol. The van der Waals surface area contributed by atoms with Gasteiger partial charge >= 0.3 is 0 Å². The van der Waals surface area contributed by atoms with Gasteiger partial charge in [0.1, 0.15) is 0 Å². The van der Waals surface area contributed by atoms with Crippen LogP contribution in [0.15, 0.2) is 6.20 Å². The van der Waals surface area contributed by atoms with Gasteiger partial charge in [0, 0.05) is 23.0 Å². The van der Waals surface area contributed by atoms with Crippen LogP contribution in [0.2, 0.25) is 0 Å². The van der Waals surface area contributed by atoms with E-state index in [0.717, 1.165) is 11.4 Å². The van der Waals surface area contributed by atoms with Crippen LogP contribution in [0.1, 0.15) is 23.7 Å². The highest BCUT2D eigenvalue weighted by atomic mass is 32.1. The summed E-state index contributed by atoms with van der Waals surface area (Å²) >= 11 is 1.67. The molecule has 0 saturated carbocycles. The van der Waals surface area contributed by atoms with Gasteiger partial charge in [-0.05, 0) is 20.3 Å². The van der Waals surface area contributed by atoms with Crippen LogP contribution in [0.4, 0.5) is 0 Å². The summed E-state index contributed by atoms with van der Waals surface area (Å²) in [5.74, 6) is 0. The molecular formula is C10H18N2OS. The average molecular weight is 214 g/mol. The van der Waals surface area contributed by atoms with Crippen molar-refractivity contribution in [1.29, 1.82) is 0 Å². The van der Waals surface area contributed by atoms with Crippen LogP contribution in [-0.4, -0.2) is 22.7 Å². The number of hydrogen-bond acceptors (Lipinski definition) is 4. The van der Waals surface area contributed by atoms with E-state index >= 15 is 0 Å². The first kappa shape index (κ1) is 11.6. The van der Waals surface area contributed by atoms with Crippen molar-refractivity contribution >= 4 is 11.3 Å². The van der Waals surface area contributed by atoms with Gasteiger partial charge in [-0.3, -0.25) is 0 Å². The van der Waals surface area contributed by atoms with Gasteiger partial charge in [-0.15, -0.1) is 11.3 Å². The molecule has 0 aliphatic heterocycles. The molecule has 14 heavy (non-hydrogen) atoms. The fourth-order valence-electron chi connectivity index (χ4n) is 1.28. The molecule has 0 radical (unpaired) electrons. The summed E-state index contributed by atoms with van der Waals surface area (Å²) in [7, 11) is 0. The molecule has 2 unspecified atom stereocenters. The van der Waals surface area contributed by atoms with Crippen LogP contribution in [-0.2, 0) is 6.42 Å². The van der Waals surface area contributed by atoms with Crippen LogP contribution in [0.5, 0.6) is 0 Å². The van der Waals surface area contributed by atoms with Gasteiger partial charge < -0.3 is 10.8 Å². The Bertz CT molecular complexity index is 298. The standard InChI is InChI=1S/C10H18N2OS/c1-7(13)10(3,6-11)4-9-5-12-8(2)14-9/h5,7,13H,4,6,11H2,1-3H3. The summed E-state index contributed by atoms with van der Waals surface area (Å²) in [6.45, 7) is 6.27. The summed E-state index contributed by atoms with van der Waals surface area (Å²) in [6.07, 6.45) is 2.28. The molecule has 0 saturated heterocycles. The minimum atomic E-state index is -0.394. The molecule has 0 bridgehead atoms. The third-order valence-corrected chi connectivity index (χ3v) is 3.63. The van der Waals surface area contributed by atoms with E-state index in [-0.39, 0.29) is 5.41 Å². The fourth-order valence-corrected chi connectivity index (χ4v) is 2.27. The quantitative estimate of drug-likeness (QED) is 0.795. The molecule has 3 N–H and O–H groups in total. The molecular weight excluding hydrogens is 196 g/mol. The lowest BCUT2D eigenvalue weighted by atomic mass is 9.81. The first-order valence-electron chi connectivity index (χ1n) is 4.77. The molecule has 1 rings (SSSR count). The first-order valence-corrected chi connectivity index (χ1v) is 5.59. The third-order valence-electron chi connectivity index (χ3n) is 2.72. The minimum absolute atomic E-state index is 0.237. The zero-order valence-electron chi connectivity index (χ0n) is 8.95. The number of aliphatic hydroxyl groups is 1. The van der Waals surface area contributed by atoms with E-state index < -0.39 is 6.10 Å². The number of aromatic nitrogens is 1. The highest BCUT2D eigenvalue weighted by molar-refractivity contribution is 7.11. The van der Waals surface area contributed by atoms with Crippen molar-refractivity contribution in [1.82, 2.24) is 4.98 Å². The number of nitrogens with zero attached hydrogens (tertiary/aromatic N) is 1. The Labute approximate surface area is 89.0 Å². The zero-order valence-corrected chi connectivity index (χ0v) is 9.77. The molecule has 0 aliphatic carbocycles. The van der Waals surface area contributed by atoms with Gasteiger partial charge in [-0.2, -0.15) is 0 Å². The number of thiazole rings is 1. The van der Waals surface area contributed by atoms with Gasteiger partial charge in [0.2, 0.25) is 0 Å². The molecule has 1 aromatic rings. The Hall–Kier alpha value is -0.450. The summed E-state index contributed by atoms with van der Waals surface area (Å²) in [5, 5.41) is 10.7. The molecule has 1 heterocycles. The number of hydrogen-bond donors (Lipinski definition) is 2. The summed E-state index contributed by atoms with van der Waals surface area (Å²) < 4.78 is 0. The lowest BCUT2D eigenvalue weighted by molar-refractivity contribution is 0.0594. The number of aryl methyl sites for hydroxylation is 1. The van der Waals surface area contributed by atoms with E-state index in [2.05, 4.69) is 4.98 Å². The lowest BCUT2D eigenvalue weighted by Gasteiger charge is -2.30. The SMILES string of the molecule is Cc1ncc(CC(C)(CN)C(C)O)s1. The van der Waals surface area contributed by atoms with Crippen molar-refractivity contribution in [3.63, 3.8) is 0 Å².